The van der Waals surface area contributed by atoms with E-state index in [0.29, 0.717) is 17.8 Å². The van der Waals surface area contributed by atoms with Crippen LogP contribution in [0.15, 0.2) is 0 Å². The maximum atomic E-state index is 9.38. The molecule has 3 rings (SSSR count). The summed E-state index contributed by atoms with van der Waals surface area (Å²) in [6.07, 6.45) is 5.42. The Morgan fingerprint density at radius 3 is 2.40 bits per heavy atom. The summed E-state index contributed by atoms with van der Waals surface area (Å²) < 4.78 is 0. The molecule has 1 aromatic rings. The molecule has 110 valence electrons. The molecule has 0 amide bonds. The molecular weight excluding hydrogens is 258 g/mol. The van der Waals surface area contributed by atoms with Crippen molar-refractivity contribution in [1.82, 2.24) is 15.0 Å². The zero-order chi connectivity index (χ0) is 14.0. The molecule has 0 bridgehead atoms. The highest BCUT2D eigenvalue weighted by Crippen LogP contribution is 2.37. The molecule has 0 spiro atoms. The monoisotopic (exact) mass is 279 g/mol. The zero-order valence-electron chi connectivity index (χ0n) is 11.5. The number of hydrogen-bond acceptors (Lipinski definition) is 8. The smallest absolute Gasteiger partial charge is 0.243 e. The second kappa shape index (κ2) is 5.37. The highest BCUT2D eigenvalue weighted by molar-refractivity contribution is 5.45. The lowest BCUT2D eigenvalue weighted by molar-refractivity contribution is 0.265. The van der Waals surface area contributed by atoms with Crippen LogP contribution in [0.25, 0.3) is 0 Å². The average Bonchev–Trinajstić information content (AvgIpc) is 3.28. The lowest BCUT2D eigenvalue weighted by atomic mass is 10.1. The molecule has 1 saturated carbocycles. The standard InChI is InChI=1S/C12H21N7O/c13-18-10-14-9(17-12(8-20)4-5-12)15-11(16-10)19-6-2-1-3-7-19/h20H,1-8,13H2,(H2,14,15,16,17,18). The number of nitrogens with two attached hydrogens (primary N) is 1. The second-order valence-corrected chi connectivity index (χ2v) is 5.54. The van der Waals surface area contributed by atoms with Gasteiger partial charge in [-0.3, -0.25) is 5.43 Å². The summed E-state index contributed by atoms with van der Waals surface area (Å²) in [5.74, 6) is 6.89. The number of aliphatic hydroxyl groups excluding tert-OH is 1. The molecule has 8 heteroatoms. The van der Waals surface area contributed by atoms with Gasteiger partial charge in [-0.25, -0.2) is 5.84 Å². The van der Waals surface area contributed by atoms with Crippen molar-refractivity contribution in [2.75, 3.05) is 35.3 Å². The van der Waals surface area contributed by atoms with Crippen molar-refractivity contribution in [3.63, 3.8) is 0 Å². The predicted molar refractivity (Wildman–Crippen MR) is 76.4 cm³/mol. The first-order valence-electron chi connectivity index (χ1n) is 7.11. The normalized spacial score (nSPS) is 20.6. The van der Waals surface area contributed by atoms with E-state index in [0.717, 1.165) is 38.8 Å². The molecule has 1 aromatic heterocycles. The van der Waals surface area contributed by atoms with Crippen molar-refractivity contribution in [1.29, 1.82) is 0 Å². The first kappa shape index (κ1) is 13.3. The Morgan fingerprint density at radius 2 is 1.80 bits per heavy atom. The van der Waals surface area contributed by atoms with E-state index in [1.165, 1.54) is 6.42 Å². The maximum absolute atomic E-state index is 9.38. The van der Waals surface area contributed by atoms with Crippen LogP contribution in [0.5, 0.6) is 0 Å². The Kier molecular flexibility index (Phi) is 3.58. The van der Waals surface area contributed by atoms with Crippen molar-refractivity contribution in [3.8, 4) is 0 Å². The number of nitrogens with zero attached hydrogens (tertiary/aromatic N) is 4. The van der Waals surface area contributed by atoms with Crippen LogP contribution in [0.1, 0.15) is 32.1 Å². The number of piperidine rings is 1. The molecule has 0 atom stereocenters. The van der Waals surface area contributed by atoms with Gasteiger partial charge in [0.05, 0.1) is 12.1 Å². The van der Waals surface area contributed by atoms with E-state index in [2.05, 4.69) is 30.6 Å². The third kappa shape index (κ3) is 2.75. The van der Waals surface area contributed by atoms with Gasteiger partial charge in [-0.2, -0.15) is 15.0 Å². The molecule has 20 heavy (non-hydrogen) atoms. The highest BCUT2D eigenvalue weighted by Gasteiger charge is 2.43. The number of aromatic nitrogens is 3. The van der Waals surface area contributed by atoms with E-state index >= 15 is 0 Å². The van der Waals surface area contributed by atoms with Gasteiger partial charge in [0, 0.05) is 13.1 Å². The topological polar surface area (TPSA) is 112 Å². The zero-order valence-corrected chi connectivity index (χ0v) is 11.5. The van der Waals surface area contributed by atoms with Gasteiger partial charge in [0.2, 0.25) is 17.8 Å². The van der Waals surface area contributed by atoms with E-state index in [-0.39, 0.29) is 12.1 Å². The van der Waals surface area contributed by atoms with Crippen LogP contribution >= 0.6 is 0 Å². The Balaban J connectivity index is 1.82. The van der Waals surface area contributed by atoms with E-state index < -0.39 is 0 Å². The molecule has 0 unspecified atom stereocenters. The molecular formula is C12H21N7O. The largest absolute Gasteiger partial charge is 0.394 e. The van der Waals surface area contributed by atoms with Crippen LogP contribution in [0.3, 0.4) is 0 Å². The van der Waals surface area contributed by atoms with Crippen molar-refractivity contribution in [2.45, 2.75) is 37.6 Å². The minimum absolute atomic E-state index is 0.0864. The summed E-state index contributed by atoms with van der Waals surface area (Å²) in [4.78, 5) is 15.1. The van der Waals surface area contributed by atoms with E-state index in [4.69, 9.17) is 5.84 Å². The SMILES string of the molecule is NNc1nc(NC2(CO)CC2)nc(N2CCCCC2)n1. The first-order chi connectivity index (χ1) is 9.74. The lowest BCUT2D eigenvalue weighted by Gasteiger charge is -2.27. The average molecular weight is 279 g/mol. The predicted octanol–water partition coefficient (Wildman–Crippen LogP) is 0.0843. The van der Waals surface area contributed by atoms with Gasteiger partial charge >= 0.3 is 0 Å². The number of nitrogen functional groups attached to an aromatic ring is 1. The minimum atomic E-state index is -0.258. The Hall–Kier alpha value is -1.67. The van der Waals surface area contributed by atoms with Crippen molar-refractivity contribution >= 4 is 17.8 Å². The fourth-order valence-electron chi connectivity index (χ4n) is 2.43. The molecule has 8 nitrogen and oxygen atoms in total. The third-order valence-corrected chi connectivity index (χ3v) is 3.92. The molecule has 2 fully saturated rings. The molecule has 1 aliphatic carbocycles. The van der Waals surface area contributed by atoms with E-state index in [9.17, 15) is 5.11 Å². The van der Waals surface area contributed by atoms with Crippen LogP contribution in [0.4, 0.5) is 17.8 Å². The maximum Gasteiger partial charge on any atom is 0.243 e. The molecule has 0 radical (unpaired) electrons. The van der Waals surface area contributed by atoms with E-state index in [1.807, 2.05) is 0 Å². The lowest BCUT2D eigenvalue weighted by Crippen LogP contribution is -2.33. The Bertz CT molecular complexity index is 471. The summed E-state index contributed by atoms with van der Waals surface area (Å²) in [6.45, 7) is 2.00. The summed E-state index contributed by atoms with van der Waals surface area (Å²) in [7, 11) is 0. The first-order valence-corrected chi connectivity index (χ1v) is 7.11. The third-order valence-electron chi connectivity index (χ3n) is 3.92. The fourth-order valence-corrected chi connectivity index (χ4v) is 2.43. The molecule has 0 aromatic carbocycles. The van der Waals surface area contributed by atoms with Gasteiger partial charge in [-0.1, -0.05) is 0 Å². The molecule has 1 aliphatic heterocycles. The quantitative estimate of drug-likeness (QED) is 0.443. The number of aliphatic hydroxyl groups is 1. The van der Waals surface area contributed by atoms with Gasteiger partial charge in [-0.15, -0.1) is 0 Å². The summed E-state index contributed by atoms with van der Waals surface area (Å²) in [5.41, 5.74) is 2.22. The van der Waals surface area contributed by atoms with Crippen LogP contribution < -0.4 is 21.5 Å². The van der Waals surface area contributed by atoms with Crippen molar-refractivity contribution in [3.05, 3.63) is 0 Å². The van der Waals surface area contributed by atoms with Gasteiger partial charge in [0.15, 0.2) is 0 Å². The number of hydrogen-bond donors (Lipinski definition) is 4. The molecule has 5 N–H and O–H groups in total. The number of anilines is 3. The highest BCUT2D eigenvalue weighted by atomic mass is 16.3. The van der Waals surface area contributed by atoms with Gasteiger partial charge < -0.3 is 15.3 Å². The van der Waals surface area contributed by atoms with Gasteiger partial charge in [0.25, 0.3) is 0 Å². The van der Waals surface area contributed by atoms with Crippen LogP contribution in [-0.2, 0) is 0 Å². The van der Waals surface area contributed by atoms with Gasteiger partial charge in [-0.05, 0) is 32.1 Å². The number of hydrazine groups is 1. The number of rotatable bonds is 5. The van der Waals surface area contributed by atoms with Crippen LogP contribution in [0, 0.1) is 0 Å². The summed E-state index contributed by atoms with van der Waals surface area (Å²) in [5, 5.41) is 12.6. The summed E-state index contributed by atoms with van der Waals surface area (Å²) in [6, 6.07) is 0. The van der Waals surface area contributed by atoms with Gasteiger partial charge in [0.1, 0.15) is 0 Å². The van der Waals surface area contributed by atoms with Crippen LogP contribution in [0.2, 0.25) is 0 Å². The molecule has 2 heterocycles. The van der Waals surface area contributed by atoms with Crippen molar-refractivity contribution in [2.24, 2.45) is 5.84 Å². The van der Waals surface area contributed by atoms with Crippen LogP contribution in [-0.4, -0.2) is 45.3 Å². The molecule has 2 aliphatic rings. The second-order valence-electron chi connectivity index (χ2n) is 5.54. The number of nitrogens with one attached hydrogen (secondary N) is 2. The minimum Gasteiger partial charge on any atom is -0.394 e. The van der Waals surface area contributed by atoms with E-state index in [1.54, 1.807) is 0 Å². The Morgan fingerprint density at radius 1 is 1.10 bits per heavy atom. The summed E-state index contributed by atoms with van der Waals surface area (Å²) >= 11 is 0. The fraction of sp³-hybridized carbons (Fsp3) is 0.750. The van der Waals surface area contributed by atoms with Crippen molar-refractivity contribution < 1.29 is 5.11 Å². The molecule has 1 saturated heterocycles. The Labute approximate surface area is 117 Å².